The van der Waals surface area contributed by atoms with Crippen molar-refractivity contribution >= 4 is 82.6 Å². The van der Waals surface area contributed by atoms with Crippen molar-refractivity contribution in [1.29, 1.82) is 0 Å². The van der Waals surface area contributed by atoms with E-state index in [1.165, 1.54) is 38.1 Å². The SMILES string of the molecule is [U+2].[c-]1ccccc1-c1[c-]c(-c2ccc(N(c3ccc(-c4cccc5c4[nH]c4ccccc45)cc3)c3cccc4oc5ccc(-c6ccc7c(c6)c6ccccc6n7-c6ccccc6)cc5c34)cc2)ccc1. The average Bonchev–Trinajstić information content (AvgIpc) is 4.12. The van der Waals surface area contributed by atoms with Crippen molar-refractivity contribution in [1.82, 2.24) is 9.55 Å². The minimum absolute atomic E-state index is 0. The normalized spacial score (nSPS) is 11.5. The summed E-state index contributed by atoms with van der Waals surface area (Å²) in [6.07, 6.45) is 0. The molecule has 0 saturated carbocycles. The van der Waals surface area contributed by atoms with Crippen molar-refractivity contribution in [3.8, 4) is 50.2 Å². The third kappa shape index (κ3) is 7.28. The fourth-order valence-electron chi connectivity index (χ4n) is 10.7. The summed E-state index contributed by atoms with van der Waals surface area (Å²) in [6.45, 7) is 0. The average molecular weight is 1130 g/mol. The van der Waals surface area contributed by atoms with Gasteiger partial charge in [-0.3, -0.25) is 0 Å². The number of hydrogen-bond donors (Lipinski definition) is 1. The summed E-state index contributed by atoms with van der Waals surface area (Å²) in [5.41, 5.74) is 19.3. The second kappa shape index (κ2) is 17.6. The van der Waals surface area contributed by atoms with Crippen LogP contribution in [-0.4, -0.2) is 9.55 Å². The third-order valence-corrected chi connectivity index (χ3v) is 13.9. The molecule has 0 saturated heterocycles. The number of para-hydroxylation sites is 4. The van der Waals surface area contributed by atoms with E-state index in [-0.39, 0.29) is 31.1 Å². The molecule has 3 heterocycles. The van der Waals surface area contributed by atoms with Gasteiger partial charge in [0.25, 0.3) is 0 Å². The van der Waals surface area contributed by atoms with Crippen LogP contribution in [0.4, 0.5) is 17.1 Å². The second-order valence-corrected chi connectivity index (χ2v) is 18.0. The number of rotatable bonds is 8. The molecule has 0 fully saturated rings. The zero-order chi connectivity index (χ0) is 46.1. The molecule has 0 amide bonds. The van der Waals surface area contributed by atoms with Gasteiger partial charge in [-0.2, -0.15) is 42.0 Å². The molecule has 0 radical (unpaired) electrons. The van der Waals surface area contributed by atoms with Gasteiger partial charge >= 0.3 is 31.1 Å². The second-order valence-electron chi connectivity index (χ2n) is 18.0. The molecule has 11 aromatic carbocycles. The Hall–Kier alpha value is -8.33. The minimum atomic E-state index is 0. The molecule has 4 nitrogen and oxygen atoms in total. The van der Waals surface area contributed by atoms with Crippen molar-refractivity contribution in [2.75, 3.05) is 4.90 Å². The molecule has 5 heteroatoms. The molecule has 71 heavy (non-hydrogen) atoms. The quantitative estimate of drug-likeness (QED) is 0.154. The van der Waals surface area contributed by atoms with Gasteiger partial charge in [0.1, 0.15) is 11.2 Å². The number of hydrogen-bond acceptors (Lipinski definition) is 2. The molecule has 0 aliphatic rings. The molecule has 3 aromatic heterocycles. The fraction of sp³-hybridized carbons (Fsp3) is 0. The van der Waals surface area contributed by atoms with Crippen molar-refractivity contribution in [2.45, 2.75) is 0 Å². The molecule has 0 aliphatic carbocycles. The molecular weight excluding hydrogens is 1090 g/mol. The maximum atomic E-state index is 6.71. The standard InChI is InChI=1S/C66H41N3O.U/c1-3-14-43(15-4-1)46-16-11-17-47(40-46)44-28-34-51(35-29-44)68(52-36-30-45(31-37-52)53-22-12-23-56-54-20-7-9-24-59(54)67-66(53)56)62-26-13-27-64-65(62)58-42-49(33-39-63(58)70-64)48-32-38-61-57(41-48)55-21-8-10-25-60(55)69(61)50-18-5-2-6-19-50;/h1-14,16-39,41-42,67H;/q-2;+2. The Labute approximate surface area is 434 Å². The minimum Gasteiger partial charge on any atom is -0.456 e. The summed E-state index contributed by atoms with van der Waals surface area (Å²) < 4.78 is 9.08. The topological polar surface area (TPSA) is 37.1 Å². The molecule has 1 N–H and O–H groups in total. The number of furan rings is 1. The van der Waals surface area contributed by atoms with Crippen LogP contribution in [0.15, 0.2) is 247 Å². The van der Waals surface area contributed by atoms with E-state index in [1.54, 1.807) is 0 Å². The van der Waals surface area contributed by atoms with E-state index in [0.717, 1.165) is 94.7 Å². The summed E-state index contributed by atoms with van der Waals surface area (Å²) in [6, 6.07) is 93.5. The van der Waals surface area contributed by atoms with Crippen molar-refractivity contribution in [3.05, 3.63) is 255 Å². The van der Waals surface area contributed by atoms with Crippen molar-refractivity contribution < 1.29 is 35.5 Å². The number of aromatic amines is 1. The Morgan fingerprint density at radius 3 is 1.87 bits per heavy atom. The maximum Gasteiger partial charge on any atom is 2.00 e. The van der Waals surface area contributed by atoms with Crippen LogP contribution in [0, 0.1) is 43.2 Å². The van der Waals surface area contributed by atoms with E-state index in [2.05, 4.69) is 251 Å². The van der Waals surface area contributed by atoms with Crippen LogP contribution >= 0.6 is 0 Å². The van der Waals surface area contributed by atoms with Crippen molar-refractivity contribution in [2.24, 2.45) is 0 Å². The molecule has 0 bridgehead atoms. The number of anilines is 3. The van der Waals surface area contributed by atoms with Gasteiger partial charge in [-0.05, 0) is 102 Å². The van der Waals surface area contributed by atoms with Crippen LogP contribution in [0.1, 0.15) is 0 Å². The summed E-state index contributed by atoms with van der Waals surface area (Å²) in [5.74, 6) is 0. The monoisotopic (exact) mass is 1130 g/mol. The summed E-state index contributed by atoms with van der Waals surface area (Å²) in [4.78, 5) is 6.08. The number of aromatic nitrogens is 2. The predicted octanol–water partition coefficient (Wildman–Crippen LogP) is 18.1. The van der Waals surface area contributed by atoms with E-state index in [1.807, 2.05) is 18.2 Å². The molecule has 14 rings (SSSR count). The zero-order valence-corrected chi connectivity index (χ0v) is 42.6. The van der Waals surface area contributed by atoms with Crippen LogP contribution in [-0.2, 0) is 0 Å². The number of benzene rings is 11. The molecule has 0 spiro atoms. The number of nitrogens with zero attached hydrogens (tertiary/aromatic N) is 2. The Bertz CT molecular complexity index is 4280. The van der Waals surface area contributed by atoms with Gasteiger partial charge in [-0.25, -0.2) is 5.56 Å². The summed E-state index contributed by atoms with van der Waals surface area (Å²) >= 11 is 0. The fourth-order valence-corrected chi connectivity index (χ4v) is 10.7. The Kier molecular flexibility index (Phi) is 10.6. The smallest absolute Gasteiger partial charge is 0.456 e. The van der Waals surface area contributed by atoms with Crippen LogP contribution in [0.5, 0.6) is 0 Å². The largest absolute Gasteiger partial charge is 2.00 e. The molecule has 0 unspecified atom stereocenters. The van der Waals surface area contributed by atoms with Gasteiger partial charge < -0.3 is 18.9 Å². The maximum absolute atomic E-state index is 6.71. The molecule has 0 atom stereocenters. The van der Waals surface area contributed by atoms with Gasteiger partial charge in [-0.15, -0.1) is 23.8 Å². The third-order valence-electron chi connectivity index (χ3n) is 13.9. The number of nitrogens with one attached hydrogen (secondary N) is 1. The van der Waals surface area contributed by atoms with E-state index >= 15 is 0 Å². The first kappa shape index (κ1) is 42.7. The molecular formula is C66H41N3OU. The zero-order valence-electron chi connectivity index (χ0n) is 38.4. The Morgan fingerprint density at radius 2 is 1.06 bits per heavy atom. The van der Waals surface area contributed by atoms with Crippen LogP contribution in [0.2, 0.25) is 0 Å². The Morgan fingerprint density at radius 1 is 0.423 bits per heavy atom. The van der Waals surface area contributed by atoms with Gasteiger partial charge in [0.05, 0.1) is 27.6 Å². The molecule has 14 aromatic rings. The first-order valence-corrected chi connectivity index (χ1v) is 23.7. The van der Waals surface area contributed by atoms with E-state index in [4.69, 9.17) is 4.42 Å². The first-order valence-electron chi connectivity index (χ1n) is 23.7. The molecule has 330 valence electrons. The van der Waals surface area contributed by atoms with Gasteiger partial charge in [0.15, 0.2) is 0 Å². The number of H-pyrrole nitrogens is 1. The van der Waals surface area contributed by atoms with Crippen LogP contribution < -0.4 is 4.90 Å². The first-order chi connectivity index (χ1) is 34.7. The van der Waals surface area contributed by atoms with Gasteiger partial charge in [0.2, 0.25) is 0 Å². The summed E-state index contributed by atoms with van der Waals surface area (Å²) in [7, 11) is 0. The summed E-state index contributed by atoms with van der Waals surface area (Å²) in [5, 5.41) is 7.01. The van der Waals surface area contributed by atoms with Crippen LogP contribution in [0.3, 0.4) is 0 Å². The van der Waals surface area contributed by atoms with E-state index in [0.29, 0.717) is 0 Å². The van der Waals surface area contributed by atoms with Gasteiger partial charge in [-0.1, -0.05) is 121 Å². The van der Waals surface area contributed by atoms with Gasteiger partial charge in [0, 0.05) is 55.1 Å². The Balaban J connectivity index is 0.00000492. The van der Waals surface area contributed by atoms with E-state index in [9.17, 15) is 0 Å². The predicted molar refractivity (Wildman–Crippen MR) is 292 cm³/mol. The van der Waals surface area contributed by atoms with Crippen LogP contribution in [0.25, 0.3) is 116 Å². The number of fused-ring (bicyclic) bond motifs is 9. The molecule has 0 aliphatic heterocycles. The van der Waals surface area contributed by atoms with E-state index < -0.39 is 0 Å². The van der Waals surface area contributed by atoms with Crippen molar-refractivity contribution in [3.63, 3.8) is 0 Å².